The van der Waals surface area contributed by atoms with Gasteiger partial charge in [0.05, 0.1) is 0 Å². The molecule has 0 radical (unpaired) electrons. The predicted octanol–water partition coefficient (Wildman–Crippen LogP) is 3.00. The van der Waals surface area contributed by atoms with Gasteiger partial charge in [0.25, 0.3) is 0 Å². The minimum Gasteiger partial charge on any atom is -0.325 e. The monoisotopic (exact) mass is 167 g/mol. The van der Waals surface area contributed by atoms with Crippen LogP contribution in [0.3, 0.4) is 0 Å². The molecule has 0 unspecified atom stereocenters. The Morgan fingerprint density at radius 3 is 2.50 bits per heavy atom. The number of hydrogen-bond donors (Lipinski definition) is 1. The predicted molar refractivity (Wildman–Crippen MR) is 54.1 cm³/mol. The Morgan fingerprint density at radius 1 is 1.25 bits per heavy atom. The lowest BCUT2D eigenvalue weighted by molar-refractivity contribution is 0.273. The maximum absolute atomic E-state index is 6.27. The summed E-state index contributed by atoms with van der Waals surface area (Å²) in [7, 11) is 0. The van der Waals surface area contributed by atoms with E-state index in [4.69, 9.17) is 5.73 Å². The Kier molecular flexibility index (Phi) is 3.80. The fraction of sp³-hybridized carbons (Fsp3) is 0.818. The molecule has 0 saturated heterocycles. The highest BCUT2D eigenvalue weighted by atomic mass is 14.7. The molecule has 0 amide bonds. The number of rotatable bonds is 4. The Labute approximate surface area is 76.0 Å². The van der Waals surface area contributed by atoms with Gasteiger partial charge < -0.3 is 5.73 Å². The van der Waals surface area contributed by atoms with E-state index in [2.05, 4.69) is 6.58 Å². The number of unbranched alkanes of at least 4 members (excludes halogenated alkanes) is 1. The molecule has 1 aliphatic carbocycles. The molecule has 0 spiro atoms. The lowest BCUT2D eigenvalue weighted by atomic mass is 9.79. The molecule has 1 rings (SSSR count). The van der Waals surface area contributed by atoms with Gasteiger partial charge in [-0.1, -0.05) is 25.3 Å². The maximum Gasteiger partial charge on any atom is 0.0154 e. The molecule has 0 aromatic heterocycles. The molecule has 0 aromatic carbocycles. The molecule has 0 heterocycles. The molecule has 0 aliphatic heterocycles. The average molecular weight is 167 g/mol. The quantitative estimate of drug-likeness (QED) is 0.505. The van der Waals surface area contributed by atoms with Crippen LogP contribution in [0.4, 0.5) is 0 Å². The van der Waals surface area contributed by atoms with E-state index in [0.717, 1.165) is 6.42 Å². The van der Waals surface area contributed by atoms with Crippen molar-refractivity contribution in [3.8, 4) is 0 Å². The number of allylic oxidation sites excluding steroid dienone is 1. The van der Waals surface area contributed by atoms with Crippen LogP contribution in [-0.4, -0.2) is 5.54 Å². The van der Waals surface area contributed by atoms with Crippen molar-refractivity contribution in [2.45, 2.75) is 56.9 Å². The molecule has 1 aliphatic rings. The van der Waals surface area contributed by atoms with Gasteiger partial charge in [-0.15, -0.1) is 6.58 Å². The third-order valence-corrected chi connectivity index (χ3v) is 2.93. The average Bonchev–Trinajstić information content (AvgIpc) is 2.06. The van der Waals surface area contributed by atoms with Gasteiger partial charge in [-0.25, -0.2) is 0 Å². The molecular formula is C11H21N. The molecule has 0 bridgehead atoms. The van der Waals surface area contributed by atoms with E-state index < -0.39 is 0 Å². The fourth-order valence-electron chi connectivity index (χ4n) is 2.10. The second-order valence-corrected chi connectivity index (χ2v) is 4.10. The van der Waals surface area contributed by atoms with E-state index in [0.29, 0.717) is 0 Å². The Morgan fingerprint density at radius 2 is 1.92 bits per heavy atom. The lowest BCUT2D eigenvalue weighted by Gasteiger charge is -2.33. The van der Waals surface area contributed by atoms with E-state index in [1.165, 1.54) is 44.9 Å². The number of hydrogen-bond acceptors (Lipinski definition) is 1. The van der Waals surface area contributed by atoms with Crippen LogP contribution in [0.5, 0.6) is 0 Å². The van der Waals surface area contributed by atoms with Gasteiger partial charge in [0.15, 0.2) is 0 Å². The molecule has 1 nitrogen and oxygen atoms in total. The molecule has 70 valence electrons. The van der Waals surface area contributed by atoms with Gasteiger partial charge in [-0.2, -0.15) is 0 Å². The first-order valence-electron chi connectivity index (χ1n) is 5.17. The highest BCUT2D eigenvalue weighted by Gasteiger charge is 2.25. The molecule has 1 heteroatoms. The van der Waals surface area contributed by atoms with Crippen LogP contribution in [0.15, 0.2) is 12.7 Å². The van der Waals surface area contributed by atoms with Crippen molar-refractivity contribution in [2.24, 2.45) is 5.73 Å². The van der Waals surface area contributed by atoms with Gasteiger partial charge in [0, 0.05) is 5.54 Å². The van der Waals surface area contributed by atoms with Crippen LogP contribution in [0, 0.1) is 0 Å². The molecule has 1 saturated carbocycles. The van der Waals surface area contributed by atoms with Crippen molar-refractivity contribution < 1.29 is 0 Å². The Bertz CT molecular complexity index is 134. The zero-order valence-electron chi connectivity index (χ0n) is 8.02. The van der Waals surface area contributed by atoms with Crippen molar-refractivity contribution in [3.05, 3.63) is 12.7 Å². The topological polar surface area (TPSA) is 26.0 Å². The van der Waals surface area contributed by atoms with E-state index in [-0.39, 0.29) is 5.54 Å². The van der Waals surface area contributed by atoms with Crippen molar-refractivity contribution in [1.29, 1.82) is 0 Å². The third kappa shape index (κ3) is 2.98. The highest BCUT2D eigenvalue weighted by Crippen LogP contribution is 2.29. The summed E-state index contributed by atoms with van der Waals surface area (Å²) in [5.41, 5.74) is 6.45. The molecular weight excluding hydrogens is 146 g/mol. The minimum absolute atomic E-state index is 0.182. The highest BCUT2D eigenvalue weighted by molar-refractivity contribution is 4.87. The van der Waals surface area contributed by atoms with E-state index in [1.807, 2.05) is 6.08 Å². The van der Waals surface area contributed by atoms with Gasteiger partial charge in [0.1, 0.15) is 0 Å². The summed E-state index contributed by atoms with van der Waals surface area (Å²) < 4.78 is 0. The van der Waals surface area contributed by atoms with Crippen molar-refractivity contribution in [1.82, 2.24) is 0 Å². The van der Waals surface area contributed by atoms with Gasteiger partial charge >= 0.3 is 0 Å². The van der Waals surface area contributed by atoms with E-state index >= 15 is 0 Å². The second-order valence-electron chi connectivity index (χ2n) is 4.10. The van der Waals surface area contributed by atoms with Crippen LogP contribution in [0.25, 0.3) is 0 Å². The largest absolute Gasteiger partial charge is 0.325 e. The minimum atomic E-state index is 0.182. The number of nitrogens with two attached hydrogens (primary N) is 1. The first-order chi connectivity index (χ1) is 5.77. The molecule has 0 atom stereocenters. The lowest BCUT2D eigenvalue weighted by Crippen LogP contribution is -2.41. The SMILES string of the molecule is C=CCCCC1(N)CCCCC1. The smallest absolute Gasteiger partial charge is 0.0154 e. The zero-order valence-corrected chi connectivity index (χ0v) is 8.02. The van der Waals surface area contributed by atoms with Gasteiger partial charge in [-0.3, -0.25) is 0 Å². The Hall–Kier alpha value is -0.300. The fourth-order valence-corrected chi connectivity index (χ4v) is 2.10. The summed E-state index contributed by atoms with van der Waals surface area (Å²) in [6, 6.07) is 0. The van der Waals surface area contributed by atoms with Gasteiger partial charge in [0.2, 0.25) is 0 Å². The van der Waals surface area contributed by atoms with Crippen LogP contribution < -0.4 is 5.73 Å². The molecule has 0 aromatic rings. The van der Waals surface area contributed by atoms with Crippen molar-refractivity contribution in [3.63, 3.8) is 0 Å². The van der Waals surface area contributed by atoms with Crippen molar-refractivity contribution in [2.75, 3.05) is 0 Å². The first kappa shape index (κ1) is 9.79. The first-order valence-corrected chi connectivity index (χ1v) is 5.17. The summed E-state index contributed by atoms with van der Waals surface area (Å²) >= 11 is 0. The molecule has 2 N–H and O–H groups in total. The van der Waals surface area contributed by atoms with Crippen LogP contribution in [-0.2, 0) is 0 Å². The Balaban J connectivity index is 2.21. The molecule has 1 fully saturated rings. The van der Waals surface area contributed by atoms with E-state index in [9.17, 15) is 0 Å². The van der Waals surface area contributed by atoms with Gasteiger partial charge in [-0.05, 0) is 32.1 Å². The summed E-state index contributed by atoms with van der Waals surface area (Å²) in [4.78, 5) is 0. The van der Waals surface area contributed by atoms with Crippen LogP contribution >= 0.6 is 0 Å². The summed E-state index contributed by atoms with van der Waals surface area (Å²) in [6.07, 6.45) is 12.1. The second kappa shape index (κ2) is 4.66. The normalized spacial score (nSPS) is 22.1. The zero-order chi connectivity index (χ0) is 8.86. The summed E-state index contributed by atoms with van der Waals surface area (Å²) in [6.45, 7) is 3.73. The van der Waals surface area contributed by atoms with Crippen molar-refractivity contribution >= 4 is 0 Å². The van der Waals surface area contributed by atoms with Crippen LogP contribution in [0.1, 0.15) is 51.4 Å². The summed E-state index contributed by atoms with van der Waals surface area (Å²) in [5.74, 6) is 0. The van der Waals surface area contributed by atoms with E-state index in [1.54, 1.807) is 0 Å². The maximum atomic E-state index is 6.27. The summed E-state index contributed by atoms with van der Waals surface area (Å²) in [5, 5.41) is 0. The third-order valence-electron chi connectivity index (χ3n) is 2.93. The van der Waals surface area contributed by atoms with Crippen LogP contribution in [0.2, 0.25) is 0 Å². The standard InChI is InChI=1S/C11H21N/c1-2-3-5-8-11(12)9-6-4-7-10-11/h2H,1,3-10,12H2. The molecule has 12 heavy (non-hydrogen) atoms.